The third-order valence-corrected chi connectivity index (χ3v) is 8.89. The molecule has 2 aromatic carbocycles. The van der Waals surface area contributed by atoms with Crippen molar-refractivity contribution in [3.8, 4) is 17.1 Å². The molecule has 0 amide bonds. The summed E-state index contributed by atoms with van der Waals surface area (Å²) in [5.74, 6) is 0.423. The van der Waals surface area contributed by atoms with E-state index in [0.29, 0.717) is 35.8 Å². The van der Waals surface area contributed by atoms with Crippen LogP contribution >= 0.6 is 0 Å². The zero-order valence-corrected chi connectivity index (χ0v) is 22.2. The molecule has 3 atom stereocenters. The minimum atomic E-state index is -0.344. The lowest BCUT2D eigenvalue weighted by Crippen LogP contribution is -2.51. The highest BCUT2D eigenvalue weighted by Gasteiger charge is 2.34. The fourth-order valence-electron chi connectivity index (χ4n) is 6.63. The van der Waals surface area contributed by atoms with E-state index in [9.17, 15) is 0 Å². The molecule has 8 nitrogen and oxygen atoms in total. The molecule has 38 heavy (non-hydrogen) atoms. The lowest BCUT2D eigenvalue weighted by atomic mass is 9.92. The molecule has 3 aliphatic heterocycles. The maximum absolute atomic E-state index is 16.6. The Hall–Kier alpha value is -3.30. The second-order valence-corrected chi connectivity index (χ2v) is 11.3. The SMILES string of the molecule is Cc1cc2[nH]ncc2c(-c2ccc3c(N4C[C@H]5CC[C@@H](C4)N5)nc(OC[C@@H]4CCCN4C)nc3c2F)c1C. The lowest BCUT2D eigenvalue weighted by Gasteiger charge is -2.34. The van der Waals surface area contributed by atoms with Crippen LogP contribution in [0.2, 0.25) is 0 Å². The average Bonchev–Trinajstić information content (AvgIpc) is 3.63. The number of aromatic nitrogens is 4. The Labute approximate surface area is 221 Å². The van der Waals surface area contributed by atoms with Gasteiger partial charge in [0.05, 0.1) is 11.7 Å². The van der Waals surface area contributed by atoms with Crippen molar-refractivity contribution in [2.24, 2.45) is 0 Å². The van der Waals surface area contributed by atoms with E-state index in [2.05, 4.69) is 43.4 Å². The van der Waals surface area contributed by atoms with Crippen LogP contribution in [-0.2, 0) is 0 Å². The number of hydrogen-bond donors (Lipinski definition) is 2. The Balaban J connectivity index is 1.37. The van der Waals surface area contributed by atoms with Gasteiger partial charge in [-0.15, -0.1) is 0 Å². The zero-order chi connectivity index (χ0) is 26.0. The van der Waals surface area contributed by atoms with Crippen LogP contribution in [0.3, 0.4) is 0 Å². The summed E-state index contributed by atoms with van der Waals surface area (Å²) < 4.78 is 22.8. The molecule has 4 aromatic rings. The van der Waals surface area contributed by atoms with Gasteiger partial charge in [0.15, 0.2) is 5.82 Å². The summed E-state index contributed by atoms with van der Waals surface area (Å²) in [6, 6.07) is 7.37. The summed E-state index contributed by atoms with van der Waals surface area (Å²) in [6.45, 7) is 7.35. The Kier molecular flexibility index (Phi) is 5.74. The number of piperazine rings is 1. The predicted octanol–water partition coefficient (Wildman–Crippen LogP) is 4.34. The lowest BCUT2D eigenvalue weighted by molar-refractivity contribution is 0.188. The molecule has 2 N–H and O–H groups in total. The number of H-pyrrole nitrogens is 1. The van der Waals surface area contributed by atoms with Crippen LogP contribution in [0.1, 0.15) is 36.8 Å². The number of halogens is 1. The summed E-state index contributed by atoms with van der Waals surface area (Å²) in [6.07, 6.45) is 6.34. The van der Waals surface area contributed by atoms with E-state index in [-0.39, 0.29) is 11.8 Å². The number of rotatable bonds is 5. The van der Waals surface area contributed by atoms with Gasteiger partial charge in [0, 0.05) is 47.6 Å². The molecule has 0 spiro atoms. The molecule has 3 aliphatic rings. The molecule has 0 aliphatic carbocycles. The third-order valence-electron chi connectivity index (χ3n) is 8.89. The fraction of sp³-hybridized carbons (Fsp3) is 0.483. The first kappa shape index (κ1) is 23.8. The summed E-state index contributed by atoms with van der Waals surface area (Å²) in [5, 5.41) is 12.6. The number of fused-ring (bicyclic) bond motifs is 4. The second-order valence-electron chi connectivity index (χ2n) is 11.3. The van der Waals surface area contributed by atoms with Crippen molar-refractivity contribution in [2.45, 2.75) is 57.7 Å². The largest absolute Gasteiger partial charge is 0.462 e. The minimum absolute atomic E-state index is 0.254. The number of likely N-dealkylation sites (N-methyl/N-ethyl adjacent to an activating group) is 1. The molecule has 7 rings (SSSR count). The van der Waals surface area contributed by atoms with E-state index in [1.54, 1.807) is 6.20 Å². The van der Waals surface area contributed by atoms with Crippen LogP contribution < -0.4 is 15.0 Å². The standard InChI is InChI=1S/C29H34FN7O/c1-16-11-24-23(12-31-35-24)25(17(16)2)21-8-9-22-27(26(21)30)33-29(38-15-20-5-4-10-36(20)3)34-28(22)37-13-18-6-7-19(14-37)32-18/h8-9,11-12,18-20,32H,4-7,10,13-15H2,1-3H3,(H,31,35)/t18-,19+,20-/m0/s1. The summed E-state index contributed by atoms with van der Waals surface area (Å²) in [4.78, 5) is 14.2. The van der Waals surface area contributed by atoms with E-state index in [1.165, 1.54) is 0 Å². The average molecular weight is 516 g/mol. The molecule has 2 bridgehead atoms. The molecule has 198 valence electrons. The number of anilines is 1. The van der Waals surface area contributed by atoms with Crippen LogP contribution in [0.15, 0.2) is 24.4 Å². The van der Waals surface area contributed by atoms with Crippen molar-refractivity contribution in [3.63, 3.8) is 0 Å². The Morgan fingerprint density at radius 2 is 1.89 bits per heavy atom. The van der Waals surface area contributed by atoms with E-state index in [1.807, 2.05) is 26.0 Å². The van der Waals surface area contributed by atoms with Gasteiger partial charge in [0.2, 0.25) is 0 Å². The Bertz CT molecular complexity index is 1520. The van der Waals surface area contributed by atoms with Gasteiger partial charge in [-0.2, -0.15) is 15.1 Å². The van der Waals surface area contributed by atoms with Crippen LogP contribution in [0.4, 0.5) is 10.2 Å². The molecule has 5 heterocycles. The number of aromatic amines is 1. The molecule has 0 saturated carbocycles. The highest BCUT2D eigenvalue weighted by molar-refractivity contribution is 6.01. The van der Waals surface area contributed by atoms with Gasteiger partial charge in [-0.1, -0.05) is 6.07 Å². The topological polar surface area (TPSA) is 82.2 Å². The predicted molar refractivity (Wildman–Crippen MR) is 147 cm³/mol. The van der Waals surface area contributed by atoms with E-state index in [0.717, 1.165) is 84.1 Å². The van der Waals surface area contributed by atoms with Gasteiger partial charge in [-0.05, 0) is 81.9 Å². The molecular weight excluding hydrogens is 481 g/mol. The van der Waals surface area contributed by atoms with Gasteiger partial charge in [0.1, 0.15) is 17.9 Å². The zero-order valence-electron chi connectivity index (χ0n) is 22.2. The number of hydrogen-bond acceptors (Lipinski definition) is 7. The smallest absolute Gasteiger partial charge is 0.319 e. The van der Waals surface area contributed by atoms with Crippen molar-refractivity contribution in [3.05, 3.63) is 41.3 Å². The van der Waals surface area contributed by atoms with Crippen molar-refractivity contribution in [1.29, 1.82) is 0 Å². The quantitative estimate of drug-likeness (QED) is 0.409. The van der Waals surface area contributed by atoms with Crippen LogP contribution in [-0.4, -0.2) is 76.5 Å². The summed E-state index contributed by atoms with van der Waals surface area (Å²) in [7, 11) is 2.12. The van der Waals surface area contributed by atoms with E-state index >= 15 is 4.39 Å². The van der Waals surface area contributed by atoms with Crippen LogP contribution in [0, 0.1) is 19.7 Å². The van der Waals surface area contributed by atoms with Crippen LogP contribution in [0.25, 0.3) is 32.9 Å². The van der Waals surface area contributed by atoms with E-state index < -0.39 is 0 Å². The molecule has 0 unspecified atom stereocenters. The number of nitrogens with one attached hydrogen (secondary N) is 2. The second kappa shape index (κ2) is 9.17. The number of nitrogens with zero attached hydrogens (tertiary/aromatic N) is 5. The maximum atomic E-state index is 16.6. The third kappa shape index (κ3) is 3.91. The first-order chi connectivity index (χ1) is 18.5. The normalized spacial score (nSPS) is 23.7. The highest BCUT2D eigenvalue weighted by atomic mass is 19.1. The number of aryl methyl sites for hydroxylation is 1. The first-order valence-corrected chi connectivity index (χ1v) is 13.7. The van der Waals surface area contributed by atoms with Gasteiger partial charge < -0.3 is 19.9 Å². The number of likely N-dealkylation sites (tertiary alicyclic amines) is 1. The maximum Gasteiger partial charge on any atom is 0.319 e. The first-order valence-electron chi connectivity index (χ1n) is 13.7. The van der Waals surface area contributed by atoms with Crippen molar-refractivity contribution >= 4 is 27.6 Å². The van der Waals surface area contributed by atoms with Crippen molar-refractivity contribution < 1.29 is 9.13 Å². The Morgan fingerprint density at radius 3 is 2.66 bits per heavy atom. The summed E-state index contributed by atoms with van der Waals surface area (Å²) in [5.41, 5.74) is 4.70. The minimum Gasteiger partial charge on any atom is -0.462 e. The van der Waals surface area contributed by atoms with Gasteiger partial charge >= 0.3 is 6.01 Å². The van der Waals surface area contributed by atoms with Gasteiger partial charge in [-0.3, -0.25) is 5.10 Å². The Morgan fingerprint density at radius 1 is 1.08 bits per heavy atom. The monoisotopic (exact) mass is 515 g/mol. The van der Waals surface area contributed by atoms with Crippen LogP contribution in [0.5, 0.6) is 6.01 Å². The fourth-order valence-corrected chi connectivity index (χ4v) is 6.63. The molecule has 3 fully saturated rings. The molecule has 3 saturated heterocycles. The molecule has 2 aromatic heterocycles. The van der Waals surface area contributed by atoms with E-state index in [4.69, 9.17) is 9.72 Å². The molecular formula is C29H34FN7O. The van der Waals surface area contributed by atoms with Crippen molar-refractivity contribution in [1.82, 2.24) is 30.4 Å². The number of ether oxygens (including phenoxy) is 1. The molecule has 0 radical (unpaired) electrons. The van der Waals surface area contributed by atoms with Crippen molar-refractivity contribution in [2.75, 3.05) is 38.2 Å². The molecule has 9 heteroatoms. The highest BCUT2D eigenvalue weighted by Crippen LogP contribution is 2.39. The number of benzene rings is 2. The van der Waals surface area contributed by atoms with Gasteiger partial charge in [0.25, 0.3) is 0 Å². The summed E-state index contributed by atoms with van der Waals surface area (Å²) >= 11 is 0. The van der Waals surface area contributed by atoms with Gasteiger partial charge in [-0.25, -0.2) is 4.39 Å².